The summed E-state index contributed by atoms with van der Waals surface area (Å²) in [7, 11) is 0. The van der Waals surface area contributed by atoms with Crippen LogP contribution in [0.4, 0.5) is 0 Å². The molecule has 0 aliphatic heterocycles. The summed E-state index contributed by atoms with van der Waals surface area (Å²) in [5.41, 5.74) is 2.02. The largest absolute Gasteiger partial charge is 0.384 e. The minimum absolute atomic E-state index is 0.108. The Morgan fingerprint density at radius 3 is 2.47 bits per heavy atom. The van der Waals surface area contributed by atoms with Gasteiger partial charge < -0.3 is 14.6 Å². The number of unbranched alkanes of at least 4 members (excludes halogenated alkanes) is 1. The molecule has 1 rings (SSSR count). The Kier molecular flexibility index (Phi) is 8.74. The van der Waals surface area contributed by atoms with Crippen LogP contribution in [-0.4, -0.2) is 31.5 Å². The van der Waals surface area contributed by atoms with Crippen LogP contribution in [0, 0.1) is 11.8 Å². The number of benzene rings is 1. The second-order valence-electron chi connectivity index (χ2n) is 4.18. The van der Waals surface area contributed by atoms with Crippen molar-refractivity contribution in [2.45, 2.75) is 26.4 Å². The summed E-state index contributed by atoms with van der Waals surface area (Å²) < 4.78 is 10.9. The smallest absolute Gasteiger partial charge is 0.104 e. The zero-order valence-electron chi connectivity index (χ0n) is 11.5. The van der Waals surface area contributed by atoms with Crippen LogP contribution in [-0.2, 0) is 16.1 Å². The van der Waals surface area contributed by atoms with Gasteiger partial charge in [-0.3, -0.25) is 0 Å². The molecule has 0 bridgehead atoms. The molecule has 104 valence electrons. The van der Waals surface area contributed by atoms with Crippen molar-refractivity contribution in [3.8, 4) is 11.8 Å². The molecule has 0 amide bonds. The van der Waals surface area contributed by atoms with Crippen molar-refractivity contribution in [2.75, 3.05) is 26.4 Å². The molecule has 0 fully saturated rings. The predicted molar refractivity (Wildman–Crippen MR) is 75.8 cm³/mol. The molecule has 0 aliphatic carbocycles. The van der Waals surface area contributed by atoms with Gasteiger partial charge in [0.2, 0.25) is 0 Å². The lowest BCUT2D eigenvalue weighted by Gasteiger charge is -2.05. The van der Waals surface area contributed by atoms with E-state index in [9.17, 15) is 0 Å². The van der Waals surface area contributed by atoms with E-state index in [1.165, 1.54) is 0 Å². The van der Waals surface area contributed by atoms with E-state index in [0.29, 0.717) is 19.8 Å². The monoisotopic (exact) mass is 262 g/mol. The van der Waals surface area contributed by atoms with Crippen LogP contribution in [0.15, 0.2) is 24.3 Å². The quantitative estimate of drug-likeness (QED) is 0.577. The van der Waals surface area contributed by atoms with Gasteiger partial charge in [-0.15, -0.1) is 0 Å². The van der Waals surface area contributed by atoms with E-state index in [2.05, 4.69) is 18.8 Å². The van der Waals surface area contributed by atoms with E-state index in [0.717, 1.165) is 30.6 Å². The van der Waals surface area contributed by atoms with Crippen molar-refractivity contribution >= 4 is 0 Å². The van der Waals surface area contributed by atoms with Crippen molar-refractivity contribution in [3.63, 3.8) is 0 Å². The zero-order valence-corrected chi connectivity index (χ0v) is 11.5. The number of aliphatic hydroxyl groups excluding tert-OH is 1. The van der Waals surface area contributed by atoms with Gasteiger partial charge in [0, 0.05) is 12.2 Å². The molecule has 0 atom stereocenters. The van der Waals surface area contributed by atoms with Crippen LogP contribution in [0.25, 0.3) is 0 Å². The SMILES string of the molecule is CCCCOCCOCc1ccc(C#CCO)cc1. The number of rotatable bonds is 8. The molecule has 0 saturated carbocycles. The number of ether oxygens (including phenoxy) is 2. The third kappa shape index (κ3) is 7.63. The highest BCUT2D eigenvalue weighted by Gasteiger charge is 1.94. The molecule has 0 unspecified atom stereocenters. The van der Waals surface area contributed by atoms with Crippen molar-refractivity contribution in [3.05, 3.63) is 35.4 Å². The van der Waals surface area contributed by atoms with E-state index in [4.69, 9.17) is 14.6 Å². The van der Waals surface area contributed by atoms with Gasteiger partial charge in [0.05, 0.1) is 19.8 Å². The number of aliphatic hydroxyl groups is 1. The Balaban J connectivity index is 2.16. The molecule has 0 heterocycles. The van der Waals surface area contributed by atoms with Crippen LogP contribution in [0.3, 0.4) is 0 Å². The topological polar surface area (TPSA) is 38.7 Å². The number of hydrogen-bond acceptors (Lipinski definition) is 3. The first-order chi connectivity index (χ1) is 9.36. The Morgan fingerprint density at radius 1 is 1.05 bits per heavy atom. The Labute approximate surface area is 115 Å². The fourth-order valence-electron chi connectivity index (χ4n) is 1.48. The Bertz CT molecular complexity index is 387. The average Bonchev–Trinajstić information content (AvgIpc) is 2.45. The molecule has 3 nitrogen and oxygen atoms in total. The standard InChI is InChI=1S/C16H22O3/c1-2-3-11-18-12-13-19-14-16-8-6-15(7-9-16)5-4-10-17/h6-9,17H,2-3,10-14H2,1H3. The van der Waals surface area contributed by atoms with E-state index in [1.54, 1.807) is 0 Å². The van der Waals surface area contributed by atoms with E-state index in [1.807, 2.05) is 24.3 Å². The highest BCUT2D eigenvalue weighted by atomic mass is 16.5. The summed E-state index contributed by atoms with van der Waals surface area (Å²) in [4.78, 5) is 0. The molecule has 0 aromatic heterocycles. The second-order valence-corrected chi connectivity index (χ2v) is 4.18. The maximum Gasteiger partial charge on any atom is 0.104 e. The third-order valence-electron chi connectivity index (χ3n) is 2.55. The number of hydrogen-bond donors (Lipinski definition) is 1. The first-order valence-corrected chi connectivity index (χ1v) is 6.71. The fraction of sp³-hybridized carbons (Fsp3) is 0.500. The average molecular weight is 262 g/mol. The van der Waals surface area contributed by atoms with E-state index >= 15 is 0 Å². The minimum Gasteiger partial charge on any atom is -0.384 e. The Hall–Kier alpha value is -1.34. The van der Waals surface area contributed by atoms with Crippen LogP contribution in [0.1, 0.15) is 30.9 Å². The Morgan fingerprint density at radius 2 is 1.79 bits per heavy atom. The van der Waals surface area contributed by atoms with Crippen molar-refractivity contribution in [2.24, 2.45) is 0 Å². The predicted octanol–water partition coefficient (Wildman–Crippen LogP) is 2.36. The first kappa shape index (κ1) is 15.7. The van der Waals surface area contributed by atoms with Gasteiger partial charge in [0.25, 0.3) is 0 Å². The zero-order chi connectivity index (χ0) is 13.8. The van der Waals surface area contributed by atoms with Crippen LogP contribution < -0.4 is 0 Å². The lowest BCUT2D eigenvalue weighted by molar-refractivity contribution is 0.0397. The van der Waals surface area contributed by atoms with Crippen LogP contribution >= 0.6 is 0 Å². The fourth-order valence-corrected chi connectivity index (χ4v) is 1.48. The molecule has 0 aliphatic rings. The van der Waals surface area contributed by atoms with E-state index in [-0.39, 0.29) is 6.61 Å². The molecule has 1 N–H and O–H groups in total. The maximum absolute atomic E-state index is 8.60. The summed E-state index contributed by atoms with van der Waals surface area (Å²) in [5, 5.41) is 8.60. The summed E-state index contributed by atoms with van der Waals surface area (Å²) >= 11 is 0. The van der Waals surface area contributed by atoms with Crippen LogP contribution in [0.2, 0.25) is 0 Å². The molecule has 0 radical (unpaired) electrons. The summed E-state index contributed by atoms with van der Waals surface area (Å²) in [6.45, 7) is 4.72. The van der Waals surface area contributed by atoms with Gasteiger partial charge >= 0.3 is 0 Å². The van der Waals surface area contributed by atoms with Gasteiger partial charge in [0.15, 0.2) is 0 Å². The van der Waals surface area contributed by atoms with Gasteiger partial charge in [-0.1, -0.05) is 37.3 Å². The van der Waals surface area contributed by atoms with Crippen molar-refractivity contribution < 1.29 is 14.6 Å². The highest BCUT2D eigenvalue weighted by Crippen LogP contribution is 2.04. The molecule has 1 aromatic rings. The van der Waals surface area contributed by atoms with Crippen molar-refractivity contribution in [1.29, 1.82) is 0 Å². The maximum atomic E-state index is 8.60. The first-order valence-electron chi connectivity index (χ1n) is 6.71. The van der Waals surface area contributed by atoms with Gasteiger partial charge in [-0.25, -0.2) is 0 Å². The summed E-state index contributed by atoms with van der Waals surface area (Å²) in [6.07, 6.45) is 2.27. The molecule has 0 saturated heterocycles. The summed E-state index contributed by atoms with van der Waals surface area (Å²) in [5.74, 6) is 5.48. The molecule has 3 heteroatoms. The van der Waals surface area contributed by atoms with Gasteiger partial charge in [0.1, 0.15) is 6.61 Å². The normalized spacial score (nSPS) is 10.0. The highest BCUT2D eigenvalue weighted by molar-refractivity contribution is 5.35. The lowest BCUT2D eigenvalue weighted by Crippen LogP contribution is -2.05. The summed E-state index contributed by atoms with van der Waals surface area (Å²) in [6, 6.07) is 7.83. The third-order valence-corrected chi connectivity index (χ3v) is 2.55. The van der Waals surface area contributed by atoms with Crippen molar-refractivity contribution in [1.82, 2.24) is 0 Å². The molecule has 0 spiro atoms. The van der Waals surface area contributed by atoms with Gasteiger partial charge in [-0.05, 0) is 24.1 Å². The molecule has 1 aromatic carbocycles. The molecular formula is C16H22O3. The molecule has 19 heavy (non-hydrogen) atoms. The second kappa shape index (κ2) is 10.6. The van der Waals surface area contributed by atoms with Crippen LogP contribution in [0.5, 0.6) is 0 Å². The minimum atomic E-state index is -0.108. The lowest BCUT2D eigenvalue weighted by atomic mass is 10.1. The van der Waals surface area contributed by atoms with E-state index < -0.39 is 0 Å². The molecular weight excluding hydrogens is 240 g/mol. The van der Waals surface area contributed by atoms with Gasteiger partial charge in [-0.2, -0.15) is 0 Å².